The predicted octanol–water partition coefficient (Wildman–Crippen LogP) is -0.494. The van der Waals surface area contributed by atoms with Crippen LogP contribution in [0.5, 0.6) is 0 Å². The highest BCUT2D eigenvalue weighted by Crippen LogP contribution is 2.13. The van der Waals surface area contributed by atoms with Crippen LogP contribution in [0.1, 0.15) is 6.42 Å². The molecule has 0 aromatic heterocycles. The lowest BCUT2D eigenvalue weighted by atomic mass is 10.3. The monoisotopic (exact) mass is 205 g/mol. The van der Waals surface area contributed by atoms with Crippen LogP contribution in [0.4, 0.5) is 0 Å². The minimum absolute atomic E-state index is 0.319. The quantitative estimate of drug-likeness (QED) is 0.571. The zero-order valence-electron chi connectivity index (χ0n) is 7.61. The summed E-state index contributed by atoms with van der Waals surface area (Å²) < 4.78 is 27.6. The van der Waals surface area contributed by atoms with Gasteiger partial charge in [-0.1, -0.05) is 0 Å². The van der Waals surface area contributed by atoms with E-state index in [0.29, 0.717) is 24.2 Å². The van der Waals surface area contributed by atoms with Gasteiger partial charge < -0.3 is 4.74 Å². The number of epoxide rings is 1. The molecule has 2 aliphatic heterocycles. The zero-order chi connectivity index (χ0) is 9.31. The van der Waals surface area contributed by atoms with Gasteiger partial charge in [-0.15, -0.1) is 0 Å². The summed E-state index contributed by atoms with van der Waals surface area (Å²) in [7, 11) is -2.75. The summed E-state index contributed by atoms with van der Waals surface area (Å²) in [4.78, 5) is 2.20. The number of nitrogens with zero attached hydrogens (tertiary/aromatic N) is 1. The van der Waals surface area contributed by atoms with Crippen LogP contribution in [0, 0.1) is 0 Å². The van der Waals surface area contributed by atoms with Gasteiger partial charge in [0.2, 0.25) is 0 Å². The van der Waals surface area contributed by atoms with Crippen molar-refractivity contribution in [3.05, 3.63) is 0 Å². The molecule has 0 N–H and O–H groups in total. The SMILES string of the molecule is O=S1(=O)CCCN(C[C@H]2CO2)CC1. The third-order valence-electron chi connectivity index (χ3n) is 2.51. The Labute approximate surface area is 78.8 Å². The van der Waals surface area contributed by atoms with Gasteiger partial charge in [0.25, 0.3) is 0 Å². The molecule has 0 aromatic rings. The van der Waals surface area contributed by atoms with Gasteiger partial charge in [0.15, 0.2) is 9.84 Å². The highest BCUT2D eigenvalue weighted by atomic mass is 32.2. The van der Waals surface area contributed by atoms with Crippen molar-refractivity contribution >= 4 is 9.84 Å². The summed E-state index contributed by atoms with van der Waals surface area (Å²) in [5.41, 5.74) is 0. The van der Waals surface area contributed by atoms with Crippen LogP contribution >= 0.6 is 0 Å². The van der Waals surface area contributed by atoms with Crippen LogP contribution in [0.2, 0.25) is 0 Å². The molecule has 0 spiro atoms. The Morgan fingerprint density at radius 2 is 2.08 bits per heavy atom. The van der Waals surface area contributed by atoms with Crippen molar-refractivity contribution in [2.45, 2.75) is 12.5 Å². The van der Waals surface area contributed by atoms with Crippen molar-refractivity contribution in [1.29, 1.82) is 0 Å². The van der Waals surface area contributed by atoms with Gasteiger partial charge in [-0.05, 0) is 13.0 Å². The van der Waals surface area contributed by atoms with E-state index in [9.17, 15) is 8.42 Å². The molecule has 5 heteroatoms. The molecule has 0 aromatic carbocycles. The molecule has 4 nitrogen and oxygen atoms in total. The molecular weight excluding hydrogens is 190 g/mol. The van der Waals surface area contributed by atoms with Gasteiger partial charge in [-0.25, -0.2) is 8.42 Å². The van der Waals surface area contributed by atoms with Crippen molar-refractivity contribution in [3.63, 3.8) is 0 Å². The Hall–Kier alpha value is -0.130. The van der Waals surface area contributed by atoms with Gasteiger partial charge >= 0.3 is 0 Å². The largest absolute Gasteiger partial charge is 0.372 e. The fraction of sp³-hybridized carbons (Fsp3) is 1.00. The van der Waals surface area contributed by atoms with Crippen molar-refractivity contribution in [3.8, 4) is 0 Å². The van der Waals surface area contributed by atoms with E-state index >= 15 is 0 Å². The smallest absolute Gasteiger partial charge is 0.151 e. The summed E-state index contributed by atoms with van der Waals surface area (Å²) in [5, 5.41) is 0. The van der Waals surface area contributed by atoms with Gasteiger partial charge in [0, 0.05) is 13.1 Å². The molecule has 1 atom stereocenters. The molecule has 2 saturated heterocycles. The maximum atomic E-state index is 11.3. The lowest BCUT2D eigenvalue weighted by Gasteiger charge is -2.17. The highest BCUT2D eigenvalue weighted by Gasteiger charge is 2.27. The normalized spacial score (nSPS) is 34.0. The minimum atomic E-state index is -2.75. The molecule has 0 bridgehead atoms. The fourth-order valence-electron chi connectivity index (χ4n) is 1.63. The number of hydrogen-bond donors (Lipinski definition) is 0. The fourth-order valence-corrected chi connectivity index (χ4v) is 2.94. The number of ether oxygens (including phenoxy) is 1. The van der Waals surface area contributed by atoms with Crippen LogP contribution in [-0.2, 0) is 14.6 Å². The van der Waals surface area contributed by atoms with Gasteiger partial charge in [0.05, 0.1) is 24.2 Å². The molecule has 0 radical (unpaired) electrons. The van der Waals surface area contributed by atoms with E-state index in [4.69, 9.17) is 4.74 Å². The van der Waals surface area contributed by atoms with E-state index < -0.39 is 9.84 Å². The van der Waals surface area contributed by atoms with Crippen molar-refractivity contribution in [2.75, 3.05) is 37.7 Å². The lowest BCUT2D eigenvalue weighted by Crippen LogP contribution is -2.30. The molecular formula is C8H15NO3S. The molecule has 0 unspecified atom stereocenters. The Bertz CT molecular complexity index is 271. The first-order valence-electron chi connectivity index (χ1n) is 4.70. The molecule has 0 saturated carbocycles. The van der Waals surface area contributed by atoms with Crippen molar-refractivity contribution in [1.82, 2.24) is 4.90 Å². The van der Waals surface area contributed by atoms with Crippen molar-refractivity contribution in [2.24, 2.45) is 0 Å². The molecule has 13 heavy (non-hydrogen) atoms. The van der Waals surface area contributed by atoms with Gasteiger partial charge in [-0.3, -0.25) is 4.90 Å². The first-order chi connectivity index (χ1) is 6.16. The van der Waals surface area contributed by atoms with Crippen LogP contribution < -0.4 is 0 Å². The summed E-state index contributed by atoms with van der Waals surface area (Å²) in [5.74, 6) is 0.675. The van der Waals surface area contributed by atoms with Crippen LogP contribution in [0.25, 0.3) is 0 Å². The summed E-state index contributed by atoms with van der Waals surface area (Å²) in [6, 6.07) is 0. The van der Waals surface area contributed by atoms with E-state index in [1.807, 2.05) is 0 Å². The maximum absolute atomic E-state index is 11.3. The Morgan fingerprint density at radius 1 is 1.31 bits per heavy atom. The third-order valence-corrected chi connectivity index (χ3v) is 4.23. The van der Waals surface area contributed by atoms with E-state index in [1.54, 1.807) is 0 Å². The topological polar surface area (TPSA) is 49.9 Å². The molecule has 2 aliphatic rings. The standard InChI is InChI=1S/C8H15NO3S/c10-13(11)4-1-2-9(3-5-13)6-8-7-12-8/h8H,1-7H2/t8-/m0/s1. The molecule has 2 heterocycles. The average molecular weight is 205 g/mol. The average Bonchev–Trinajstić information content (AvgIpc) is 2.83. The first kappa shape index (κ1) is 9.43. The van der Waals surface area contributed by atoms with Crippen LogP contribution in [-0.4, -0.2) is 57.2 Å². The number of hydrogen-bond acceptors (Lipinski definition) is 4. The second-order valence-corrected chi connectivity index (χ2v) is 6.06. The second kappa shape index (κ2) is 3.55. The Balaban J connectivity index is 1.86. The predicted molar refractivity (Wildman–Crippen MR) is 49.5 cm³/mol. The molecule has 0 aliphatic carbocycles. The van der Waals surface area contributed by atoms with Gasteiger partial charge in [0.1, 0.15) is 0 Å². The summed E-state index contributed by atoms with van der Waals surface area (Å²) in [6.07, 6.45) is 1.15. The zero-order valence-corrected chi connectivity index (χ0v) is 8.42. The highest BCUT2D eigenvalue weighted by molar-refractivity contribution is 7.91. The van der Waals surface area contributed by atoms with E-state index in [1.165, 1.54) is 0 Å². The van der Waals surface area contributed by atoms with Crippen LogP contribution in [0.3, 0.4) is 0 Å². The van der Waals surface area contributed by atoms with Crippen LogP contribution in [0.15, 0.2) is 0 Å². The number of sulfone groups is 1. The van der Waals surface area contributed by atoms with Crippen molar-refractivity contribution < 1.29 is 13.2 Å². The summed E-state index contributed by atoms with van der Waals surface area (Å²) in [6.45, 7) is 3.35. The maximum Gasteiger partial charge on any atom is 0.151 e. The Morgan fingerprint density at radius 3 is 2.77 bits per heavy atom. The first-order valence-corrected chi connectivity index (χ1v) is 6.52. The van der Waals surface area contributed by atoms with E-state index in [2.05, 4.69) is 4.90 Å². The minimum Gasteiger partial charge on any atom is -0.372 e. The Kier molecular flexibility index (Phi) is 2.58. The molecule has 2 rings (SSSR count). The molecule has 2 fully saturated rings. The van der Waals surface area contributed by atoms with E-state index in [0.717, 1.165) is 26.1 Å². The third kappa shape index (κ3) is 2.93. The molecule has 0 amide bonds. The van der Waals surface area contributed by atoms with E-state index in [-0.39, 0.29) is 0 Å². The number of rotatable bonds is 2. The molecule has 76 valence electrons. The second-order valence-electron chi connectivity index (χ2n) is 3.76. The summed E-state index contributed by atoms with van der Waals surface area (Å²) >= 11 is 0. The van der Waals surface area contributed by atoms with Gasteiger partial charge in [-0.2, -0.15) is 0 Å². The lowest BCUT2D eigenvalue weighted by molar-refractivity contribution is 0.257.